The van der Waals surface area contributed by atoms with Gasteiger partial charge in [-0.2, -0.15) is 4.80 Å². The van der Waals surface area contributed by atoms with E-state index >= 15 is 0 Å². The third-order valence-electron chi connectivity index (χ3n) is 1.96. The highest BCUT2D eigenvalue weighted by Crippen LogP contribution is 2.10. The highest BCUT2D eigenvalue weighted by atomic mass is 16.5. The average molecular weight is 234 g/mol. The summed E-state index contributed by atoms with van der Waals surface area (Å²) in [6.45, 7) is 6.27. The molecule has 0 aromatic carbocycles. The summed E-state index contributed by atoms with van der Waals surface area (Å²) in [5.41, 5.74) is -0.179. The Hall–Kier alpha value is -2.05. The Balaban J connectivity index is 1.99. The molecular formula is C10H14N6O. The Bertz CT molecular complexity index is 475. The van der Waals surface area contributed by atoms with Crippen molar-refractivity contribution in [3.63, 3.8) is 0 Å². The fourth-order valence-corrected chi connectivity index (χ4v) is 1.09. The van der Waals surface area contributed by atoms with Crippen LogP contribution in [-0.4, -0.2) is 30.2 Å². The zero-order chi connectivity index (χ0) is 12.3. The normalized spacial score (nSPS) is 11.5. The van der Waals surface area contributed by atoms with Crippen molar-refractivity contribution in [1.82, 2.24) is 30.2 Å². The minimum absolute atomic E-state index is 0.179. The molecule has 0 bridgehead atoms. The average Bonchev–Trinajstić information content (AvgIpc) is 2.76. The van der Waals surface area contributed by atoms with Crippen LogP contribution in [0, 0.1) is 0 Å². The van der Waals surface area contributed by atoms with E-state index in [1.54, 1.807) is 17.2 Å². The second kappa shape index (κ2) is 4.44. The van der Waals surface area contributed by atoms with Gasteiger partial charge in [-0.25, -0.2) is 9.97 Å². The maximum Gasteiger partial charge on any atom is 0.212 e. The monoisotopic (exact) mass is 234 g/mol. The van der Waals surface area contributed by atoms with E-state index in [4.69, 9.17) is 4.74 Å². The Labute approximate surface area is 98.8 Å². The molecule has 2 aromatic rings. The van der Waals surface area contributed by atoms with Crippen LogP contribution >= 0.6 is 0 Å². The van der Waals surface area contributed by atoms with E-state index in [-0.39, 0.29) is 12.1 Å². The van der Waals surface area contributed by atoms with Crippen LogP contribution in [-0.2, 0) is 12.1 Å². The zero-order valence-corrected chi connectivity index (χ0v) is 10.0. The van der Waals surface area contributed by atoms with Gasteiger partial charge in [0.2, 0.25) is 5.82 Å². The molecule has 7 heteroatoms. The zero-order valence-electron chi connectivity index (χ0n) is 10.0. The van der Waals surface area contributed by atoms with Crippen LogP contribution in [0.25, 0.3) is 0 Å². The molecule has 0 spiro atoms. The third kappa shape index (κ3) is 2.96. The maximum absolute atomic E-state index is 5.41. The van der Waals surface area contributed by atoms with E-state index in [0.717, 1.165) is 0 Å². The van der Waals surface area contributed by atoms with Gasteiger partial charge in [-0.05, 0) is 26.0 Å². The van der Waals surface area contributed by atoms with E-state index in [0.29, 0.717) is 11.6 Å². The summed E-state index contributed by atoms with van der Waals surface area (Å²) in [6.07, 6.45) is 4.61. The molecule has 0 saturated heterocycles. The van der Waals surface area contributed by atoms with Gasteiger partial charge in [0.15, 0.2) is 12.4 Å². The predicted octanol–water partition coefficient (Wildman–Crippen LogP) is 0.797. The van der Waals surface area contributed by atoms with Crippen LogP contribution in [0.15, 0.2) is 18.7 Å². The van der Waals surface area contributed by atoms with E-state index in [1.165, 1.54) is 6.33 Å². The van der Waals surface area contributed by atoms with Crippen LogP contribution in [0.2, 0.25) is 0 Å². The van der Waals surface area contributed by atoms with Crippen molar-refractivity contribution in [2.45, 2.75) is 32.9 Å². The first-order chi connectivity index (χ1) is 8.05. The van der Waals surface area contributed by atoms with Crippen molar-refractivity contribution in [2.24, 2.45) is 0 Å². The molecule has 2 rings (SSSR count). The summed E-state index contributed by atoms with van der Waals surface area (Å²) in [5, 5.41) is 12.1. The SMILES string of the molecule is CC(C)(C)n1nnc(COc2cncnc2)n1. The first-order valence-corrected chi connectivity index (χ1v) is 5.23. The van der Waals surface area contributed by atoms with Gasteiger partial charge >= 0.3 is 0 Å². The Kier molecular flexibility index (Phi) is 2.99. The summed E-state index contributed by atoms with van der Waals surface area (Å²) in [7, 11) is 0. The molecule has 0 atom stereocenters. The van der Waals surface area contributed by atoms with Gasteiger partial charge in [0, 0.05) is 0 Å². The predicted molar refractivity (Wildman–Crippen MR) is 59.2 cm³/mol. The van der Waals surface area contributed by atoms with Crippen molar-refractivity contribution >= 4 is 0 Å². The Morgan fingerprint density at radius 2 is 1.94 bits per heavy atom. The van der Waals surface area contributed by atoms with E-state index in [9.17, 15) is 0 Å². The van der Waals surface area contributed by atoms with Gasteiger partial charge in [-0.1, -0.05) is 0 Å². The van der Waals surface area contributed by atoms with Crippen molar-refractivity contribution < 1.29 is 4.74 Å². The highest BCUT2D eigenvalue weighted by molar-refractivity contribution is 5.09. The van der Waals surface area contributed by atoms with Gasteiger partial charge in [0.25, 0.3) is 0 Å². The van der Waals surface area contributed by atoms with E-state index < -0.39 is 0 Å². The second-order valence-corrected chi connectivity index (χ2v) is 4.53. The van der Waals surface area contributed by atoms with E-state index in [1.807, 2.05) is 20.8 Å². The lowest BCUT2D eigenvalue weighted by atomic mass is 10.1. The summed E-state index contributed by atoms with van der Waals surface area (Å²) in [4.78, 5) is 9.25. The van der Waals surface area contributed by atoms with E-state index in [2.05, 4.69) is 25.4 Å². The van der Waals surface area contributed by atoms with Gasteiger partial charge in [-0.15, -0.1) is 10.2 Å². The smallest absolute Gasteiger partial charge is 0.212 e. The summed E-state index contributed by atoms with van der Waals surface area (Å²) in [5.74, 6) is 1.11. The van der Waals surface area contributed by atoms with Gasteiger partial charge < -0.3 is 4.74 Å². The number of aromatic nitrogens is 6. The molecule has 0 fully saturated rings. The second-order valence-electron chi connectivity index (χ2n) is 4.53. The highest BCUT2D eigenvalue weighted by Gasteiger charge is 2.16. The number of nitrogens with zero attached hydrogens (tertiary/aromatic N) is 6. The first-order valence-electron chi connectivity index (χ1n) is 5.23. The topological polar surface area (TPSA) is 78.6 Å². The Morgan fingerprint density at radius 1 is 1.24 bits per heavy atom. The first kappa shape index (κ1) is 11.4. The molecule has 0 saturated carbocycles. The van der Waals surface area contributed by atoms with Crippen LogP contribution in [0.4, 0.5) is 0 Å². The largest absolute Gasteiger partial charge is 0.482 e. The molecule has 7 nitrogen and oxygen atoms in total. The Morgan fingerprint density at radius 3 is 2.53 bits per heavy atom. The quantitative estimate of drug-likeness (QED) is 0.781. The number of ether oxygens (including phenoxy) is 1. The van der Waals surface area contributed by atoms with Crippen LogP contribution in [0.5, 0.6) is 5.75 Å². The number of hydrogen-bond donors (Lipinski definition) is 0. The van der Waals surface area contributed by atoms with Gasteiger partial charge in [0.1, 0.15) is 6.33 Å². The van der Waals surface area contributed by atoms with Crippen molar-refractivity contribution in [3.05, 3.63) is 24.5 Å². The molecule has 0 N–H and O–H groups in total. The number of rotatable bonds is 3. The molecule has 0 amide bonds. The lowest BCUT2D eigenvalue weighted by Gasteiger charge is -2.15. The lowest BCUT2D eigenvalue weighted by molar-refractivity contribution is 0.282. The standard InChI is InChI=1S/C10H14N6O/c1-10(2,3)16-14-9(13-15-16)6-17-8-4-11-7-12-5-8/h4-5,7H,6H2,1-3H3. The van der Waals surface area contributed by atoms with Crippen LogP contribution < -0.4 is 4.74 Å². The third-order valence-corrected chi connectivity index (χ3v) is 1.96. The minimum Gasteiger partial charge on any atom is -0.482 e. The number of hydrogen-bond acceptors (Lipinski definition) is 6. The molecule has 0 aliphatic heterocycles. The van der Waals surface area contributed by atoms with Gasteiger partial charge in [-0.3, -0.25) is 0 Å². The fourth-order valence-electron chi connectivity index (χ4n) is 1.09. The maximum atomic E-state index is 5.41. The fraction of sp³-hybridized carbons (Fsp3) is 0.500. The molecule has 17 heavy (non-hydrogen) atoms. The molecule has 0 unspecified atom stereocenters. The number of tetrazole rings is 1. The molecule has 2 aromatic heterocycles. The summed E-state index contributed by atoms with van der Waals surface area (Å²) >= 11 is 0. The lowest BCUT2D eigenvalue weighted by Crippen LogP contribution is -2.24. The molecule has 90 valence electrons. The van der Waals surface area contributed by atoms with Crippen LogP contribution in [0.3, 0.4) is 0 Å². The summed E-state index contributed by atoms with van der Waals surface area (Å²) < 4.78 is 5.41. The van der Waals surface area contributed by atoms with Crippen molar-refractivity contribution in [1.29, 1.82) is 0 Å². The molecular weight excluding hydrogens is 220 g/mol. The van der Waals surface area contributed by atoms with Crippen molar-refractivity contribution in [3.8, 4) is 5.75 Å². The van der Waals surface area contributed by atoms with Gasteiger partial charge in [0.05, 0.1) is 17.9 Å². The summed E-state index contributed by atoms with van der Waals surface area (Å²) in [6, 6.07) is 0. The molecule has 2 heterocycles. The van der Waals surface area contributed by atoms with Crippen LogP contribution in [0.1, 0.15) is 26.6 Å². The van der Waals surface area contributed by atoms with Crippen molar-refractivity contribution in [2.75, 3.05) is 0 Å². The minimum atomic E-state index is -0.179. The molecule has 0 radical (unpaired) electrons. The molecule has 0 aliphatic carbocycles. The molecule has 0 aliphatic rings.